The molecule has 1 aromatic heterocycles. The molecule has 0 fully saturated rings. The first-order valence-corrected chi connectivity index (χ1v) is 7.55. The molecule has 1 heterocycles. The number of benzene rings is 1. The molecular weight excluding hydrogens is 248 g/mol. The van der Waals surface area contributed by atoms with E-state index in [4.69, 9.17) is 5.73 Å². The second kappa shape index (κ2) is 7.41. The molecule has 1 aromatic carbocycles. The quantitative estimate of drug-likeness (QED) is 0.648. The highest BCUT2D eigenvalue weighted by atomic mass is 14.9. The minimum atomic E-state index is 0.265. The number of nitrogens with zero attached hydrogens (tertiary/aromatic N) is 1. The van der Waals surface area contributed by atoms with Gasteiger partial charge >= 0.3 is 0 Å². The lowest BCUT2D eigenvalue weighted by Crippen LogP contribution is -2.35. The van der Waals surface area contributed by atoms with E-state index >= 15 is 0 Å². The summed E-state index contributed by atoms with van der Waals surface area (Å²) in [7, 11) is 0. The number of aromatic amines is 1. The van der Waals surface area contributed by atoms with Crippen LogP contribution in [0.15, 0.2) is 24.3 Å². The molecule has 0 aliphatic heterocycles. The van der Waals surface area contributed by atoms with Crippen LogP contribution in [0.25, 0.3) is 11.0 Å². The summed E-state index contributed by atoms with van der Waals surface area (Å²) in [4.78, 5) is 7.93. The number of aryl methyl sites for hydroxylation is 1. The van der Waals surface area contributed by atoms with Gasteiger partial charge in [-0.1, -0.05) is 26.0 Å². The lowest BCUT2D eigenvalue weighted by atomic mass is 10.0. The van der Waals surface area contributed by atoms with Crippen molar-refractivity contribution in [1.82, 2.24) is 15.3 Å². The van der Waals surface area contributed by atoms with Crippen LogP contribution in [-0.2, 0) is 6.42 Å². The summed E-state index contributed by atoms with van der Waals surface area (Å²) in [5.41, 5.74) is 8.21. The van der Waals surface area contributed by atoms with Crippen LogP contribution in [0.3, 0.4) is 0 Å². The zero-order chi connectivity index (χ0) is 14.4. The number of hydrogen-bond donors (Lipinski definition) is 3. The highest BCUT2D eigenvalue weighted by Gasteiger charge is 2.05. The van der Waals surface area contributed by atoms with Crippen LogP contribution in [0.4, 0.5) is 0 Å². The van der Waals surface area contributed by atoms with Gasteiger partial charge in [-0.25, -0.2) is 4.98 Å². The molecule has 1 atom stereocenters. The number of imidazole rings is 1. The van der Waals surface area contributed by atoms with Crippen molar-refractivity contribution >= 4 is 11.0 Å². The number of nitrogens with two attached hydrogens (primary N) is 1. The molecular formula is C16H26N4. The molecule has 0 aliphatic rings. The molecule has 0 amide bonds. The third kappa shape index (κ3) is 4.62. The molecule has 0 bridgehead atoms. The van der Waals surface area contributed by atoms with Crippen molar-refractivity contribution in [1.29, 1.82) is 0 Å². The predicted octanol–water partition coefficient (Wildman–Crippen LogP) is 2.46. The first-order chi connectivity index (χ1) is 9.65. The average Bonchev–Trinajstić information content (AvgIpc) is 2.80. The fraction of sp³-hybridized carbons (Fsp3) is 0.562. The van der Waals surface area contributed by atoms with Gasteiger partial charge in [-0.3, -0.25) is 0 Å². The topological polar surface area (TPSA) is 66.7 Å². The standard InChI is InChI=1S/C16H26N4/c1-12(2)10-13(17)11-18-9-5-8-16-19-14-6-3-4-7-15(14)20-16/h3-4,6-7,12-13,18H,5,8-11,17H2,1-2H3,(H,19,20). The summed E-state index contributed by atoms with van der Waals surface area (Å²) < 4.78 is 0. The van der Waals surface area contributed by atoms with Crippen molar-refractivity contribution in [3.05, 3.63) is 30.1 Å². The van der Waals surface area contributed by atoms with Crippen LogP contribution in [0.1, 0.15) is 32.5 Å². The summed E-state index contributed by atoms with van der Waals surface area (Å²) >= 11 is 0. The molecule has 1 unspecified atom stereocenters. The highest BCUT2D eigenvalue weighted by molar-refractivity contribution is 5.74. The van der Waals surface area contributed by atoms with E-state index in [1.54, 1.807) is 0 Å². The van der Waals surface area contributed by atoms with E-state index < -0.39 is 0 Å². The van der Waals surface area contributed by atoms with Gasteiger partial charge in [-0.05, 0) is 37.4 Å². The van der Waals surface area contributed by atoms with E-state index in [1.165, 1.54) is 0 Å². The minimum absolute atomic E-state index is 0.265. The van der Waals surface area contributed by atoms with Crippen LogP contribution in [-0.4, -0.2) is 29.1 Å². The Labute approximate surface area is 121 Å². The highest BCUT2D eigenvalue weighted by Crippen LogP contribution is 2.11. The smallest absolute Gasteiger partial charge is 0.107 e. The van der Waals surface area contributed by atoms with Gasteiger partial charge < -0.3 is 16.0 Å². The molecule has 4 nitrogen and oxygen atoms in total. The Hall–Kier alpha value is -1.39. The molecule has 20 heavy (non-hydrogen) atoms. The van der Waals surface area contributed by atoms with Crippen molar-refractivity contribution in [2.75, 3.05) is 13.1 Å². The average molecular weight is 274 g/mol. The summed E-state index contributed by atoms with van der Waals surface area (Å²) in [6, 6.07) is 8.42. The maximum atomic E-state index is 6.04. The van der Waals surface area contributed by atoms with E-state index in [9.17, 15) is 0 Å². The molecule has 0 saturated heterocycles. The number of aromatic nitrogens is 2. The molecule has 2 aromatic rings. The zero-order valence-electron chi connectivity index (χ0n) is 12.5. The summed E-state index contributed by atoms with van der Waals surface area (Å²) in [6.07, 6.45) is 3.13. The van der Waals surface area contributed by atoms with Crippen molar-refractivity contribution in [2.45, 2.75) is 39.2 Å². The van der Waals surface area contributed by atoms with Gasteiger partial charge in [-0.2, -0.15) is 0 Å². The molecule has 4 N–H and O–H groups in total. The lowest BCUT2D eigenvalue weighted by Gasteiger charge is -2.14. The maximum absolute atomic E-state index is 6.04. The Morgan fingerprint density at radius 3 is 2.85 bits per heavy atom. The Kier molecular flexibility index (Phi) is 5.56. The van der Waals surface area contributed by atoms with E-state index in [1.807, 2.05) is 18.2 Å². The molecule has 0 aliphatic carbocycles. The van der Waals surface area contributed by atoms with Crippen LogP contribution in [0.5, 0.6) is 0 Å². The molecule has 0 saturated carbocycles. The van der Waals surface area contributed by atoms with Gasteiger partial charge in [0.25, 0.3) is 0 Å². The Balaban J connectivity index is 1.66. The van der Waals surface area contributed by atoms with Crippen molar-refractivity contribution in [2.24, 2.45) is 11.7 Å². The van der Waals surface area contributed by atoms with Gasteiger partial charge in [0.1, 0.15) is 5.82 Å². The first kappa shape index (κ1) is 15.0. The Morgan fingerprint density at radius 2 is 2.10 bits per heavy atom. The molecule has 110 valence electrons. The predicted molar refractivity (Wildman–Crippen MR) is 84.7 cm³/mol. The first-order valence-electron chi connectivity index (χ1n) is 7.55. The van der Waals surface area contributed by atoms with Crippen molar-refractivity contribution in [3.8, 4) is 0 Å². The normalized spacial score (nSPS) is 13.2. The lowest BCUT2D eigenvalue weighted by molar-refractivity contribution is 0.465. The largest absolute Gasteiger partial charge is 0.342 e. The van der Waals surface area contributed by atoms with Gasteiger partial charge in [0.2, 0.25) is 0 Å². The summed E-state index contributed by atoms with van der Waals surface area (Å²) in [5, 5.41) is 3.43. The number of fused-ring (bicyclic) bond motifs is 1. The monoisotopic (exact) mass is 274 g/mol. The van der Waals surface area contributed by atoms with Crippen molar-refractivity contribution < 1.29 is 0 Å². The van der Waals surface area contributed by atoms with Gasteiger partial charge in [0.05, 0.1) is 11.0 Å². The molecule has 0 spiro atoms. The SMILES string of the molecule is CC(C)CC(N)CNCCCc1nc2ccccc2[nH]1. The molecule has 0 radical (unpaired) electrons. The third-order valence-corrected chi connectivity index (χ3v) is 3.39. The number of para-hydroxylation sites is 2. The van der Waals surface area contributed by atoms with Crippen LogP contribution < -0.4 is 11.1 Å². The van der Waals surface area contributed by atoms with Crippen LogP contribution in [0.2, 0.25) is 0 Å². The second-order valence-corrected chi connectivity index (χ2v) is 5.90. The molecule has 2 rings (SSSR count). The van der Waals surface area contributed by atoms with Crippen LogP contribution in [0, 0.1) is 5.92 Å². The fourth-order valence-corrected chi connectivity index (χ4v) is 2.48. The van der Waals surface area contributed by atoms with Crippen molar-refractivity contribution in [3.63, 3.8) is 0 Å². The van der Waals surface area contributed by atoms with Gasteiger partial charge in [0, 0.05) is 19.0 Å². The zero-order valence-corrected chi connectivity index (χ0v) is 12.5. The minimum Gasteiger partial charge on any atom is -0.342 e. The second-order valence-electron chi connectivity index (χ2n) is 5.90. The van der Waals surface area contributed by atoms with E-state index in [0.29, 0.717) is 5.92 Å². The van der Waals surface area contributed by atoms with E-state index in [0.717, 1.165) is 49.2 Å². The Bertz CT molecular complexity index is 485. The van der Waals surface area contributed by atoms with Gasteiger partial charge in [-0.15, -0.1) is 0 Å². The third-order valence-electron chi connectivity index (χ3n) is 3.39. The summed E-state index contributed by atoms with van der Waals surface area (Å²) in [5.74, 6) is 1.74. The van der Waals surface area contributed by atoms with E-state index in [-0.39, 0.29) is 6.04 Å². The molecule has 4 heteroatoms. The van der Waals surface area contributed by atoms with Crippen LogP contribution >= 0.6 is 0 Å². The van der Waals surface area contributed by atoms with Gasteiger partial charge in [0.15, 0.2) is 0 Å². The summed E-state index contributed by atoms with van der Waals surface area (Å²) in [6.45, 7) is 6.31. The number of rotatable bonds is 8. The van der Waals surface area contributed by atoms with E-state index in [2.05, 4.69) is 35.2 Å². The number of nitrogens with one attached hydrogen (secondary N) is 2. The number of hydrogen-bond acceptors (Lipinski definition) is 3. The maximum Gasteiger partial charge on any atom is 0.107 e. The number of H-pyrrole nitrogens is 1. The fourth-order valence-electron chi connectivity index (χ4n) is 2.48. The Morgan fingerprint density at radius 1 is 1.30 bits per heavy atom.